The highest BCUT2D eigenvalue weighted by Crippen LogP contribution is 2.37. The lowest BCUT2D eigenvalue weighted by Gasteiger charge is -2.29. The van der Waals surface area contributed by atoms with Crippen LogP contribution in [0.2, 0.25) is 5.15 Å². The summed E-state index contributed by atoms with van der Waals surface area (Å²) in [5.74, 6) is -0.166. The zero-order chi connectivity index (χ0) is 15.6. The van der Waals surface area contributed by atoms with Crippen LogP contribution in [0.5, 0.6) is 0 Å². The van der Waals surface area contributed by atoms with Crippen LogP contribution in [0, 0.1) is 12.3 Å². The Labute approximate surface area is 130 Å². The Bertz CT molecular complexity index is 568. The van der Waals surface area contributed by atoms with E-state index in [-0.39, 0.29) is 24.0 Å². The Hall–Kier alpha value is -1.33. The number of carbonyl (C=O) groups is 1. The molecule has 0 aliphatic heterocycles. The molecule has 1 heterocycles. The zero-order valence-electron chi connectivity index (χ0n) is 12.7. The normalized spacial score (nSPS) is 25.7. The van der Waals surface area contributed by atoms with Crippen LogP contribution in [0.25, 0.3) is 6.08 Å². The Balaban J connectivity index is 2.03. The van der Waals surface area contributed by atoms with Crippen molar-refractivity contribution in [1.82, 2.24) is 15.1 Å². The minimum atomic E-state index is -0.217. The number of aliphatic hydroxyl groups excluding tert-OH is 1. The fourth-order valence-electron chi connectivity index (χ4n) is 2.88. The SMILES string of the molecule is Cc1nn(C)c(Cl)c1/C=C/C(=O)NC1CCCC1(C)CO. The van der Waals surface area contributed by atoms with E-state index < -0.39 is 0 Å². The highest BCUT2D eigenvalue weighted by molar-refractivity contribution is 6.31. The van der Waals surface area contributed by atoms with Crippen LogP contribution in [0.1, 0.15) is 37.4 Å². The van der Waals surface area contributed by atoms with Crippen LogP contribution in [-0.4, -0.2) is 33.4 Å². The van der Waals surface area contributed by atoms with Crippen LogP contribution in [0.3, 0.4) is 0 Å². The summed E-state index contributed by atoms with van der Waals surface area (Å²) < 4.78 is 1.58. The van der Waals surface area contributed by atoms with E-state index in [1.54, 1.807) is 17.8 Å². The number of rotatable bonds is 4. The first kappa shape index (κ1) is 16.0. The van der Waals surface area contributed by atoms with Gasteiger partial charge in [0.05, 0.1) is 12.3 Å². The Morgan fingerprint density at radius 1 is 1.67 bits per heavy atom. The molecule has 0 saturated heterocycles. The van der Waals surface area contributed by atoms with E-state index in [1.165, 1.54) is 6.08 Å². The molecule has 1 aliphatic carbocycles. The van der Waals surface area contributed by atoms with E-state index in [1.807, 2.05) is 13.8 Å². The molecule has 1 fully saturated rings. The number of halogens is 1. The van der Waals surface area contributed by atoms with Crippen molar-refractivity contribution >= 4 is 23.6 Å². The summed E-state index contributed by atoms with van der Waals surface area (Å²) in [6.45, 7) is 3.95. The largest absolute Gasteiger partial charge is 0.396 e. The number of aliphatic hydroxyl groups is 1. The van der Waals surface area contributed by atoms with Gasteiger partial charge in [-0.25, -0.2) is 0 Å². The monoisotopic (exact) mass is 311 g/mol. The summed E-state index contributed by atoms with van der Waals surface area (Å²) in [6.07, 6.45) is 6.03. The van der Waals surface area contributed by atoms with Gasteiger partial charge in [0.15, 0.2) is 0 Å². The maximum absolute atomic E-state index is 12.1. The van der Waals surface area contributed by atoms with Crippen LogP contribution in [0.4, 0.5) is 0 Å². The summed E-state index contributed by atoms with van der Waals surface area (Å²) in [7, 11) is 1.76. The number of hydrogen-bond donors (Lipinski definition) is 2. The van der Waals surface area contributed by atoms with E-state index in [0.29, 0.717) is 5.15 Å². The first-order valence-corrected chi connectivity index (χ1v) is 7.54. The van der Waals surface area contributed by atoms with Crippen LogP contribution >= 0.6 is 11.6 Å². The average Bonchev–Trinajstić information content (AvgIpc) is 2.91. The molecule has 1 aromatic heterocycles. The smallest absolute Gasteiger partial charge is 0.244 e. The van der Waals surface area contributed by atoms with Gasteiger partial charge in [-0.05, 0) is 25.8 Å². The predicted octanol–water partition coefficient (Wildman–Crippen LogP) is 2.06. The van der Waals surface area contributed by atoms with Gasteiger partial charge in [-0.1, -0.05) is 24.9 Å². The predicted molar refractivity (Wildman–Crippen MR) is 83.0 cm³/mol. The van der Waals surface area contributed by atoms with E-state index in [2.05, 4.69) is 10.4 Å². The van der Waals surface area contributed by atoms with E-state index >= 15 is 0 Å². The summed E-state index contributed by atoms with van der Waals surface area (Å²) in [5, 5.41) is 17.2. The third-order valence-electron chi connectivity index (χ3n) is 4.36. The van der Waals surface area contributed by atoms with Crippen molar-refractivity contribution in [2.24, 2.45) is 12.5 Å². The van der Waals surface area contributed by atoms with Gasteiger partial charge in [0.25, 0.3) is 0 Å². The standard InChI is InChI=1S/C15H22ClN3O2/c1-10-11(14(16)19(3)18-10)6-7-13(21)17-12-5-4-8-15(12,2)9-20/h6-7,12,20H,4-5,8-9H2,1-3H3,(H,17,21)/b7-6+. The molecule has 1 aliphatic rings. The maximum Gasteiger partial charge on any atom is 0.244 e. The summed E-state index contributed by atoms with van der Waals surface area (Å²) in [5.41, 5.74) is 1.32. The molecule has 0 spiro atoms. The lowest BCUT2D eigenvalue weighted by molar-refractivity contribution is -0.117. The molecule has 0 bridgehead atoms. The van der Waals surface area contributed by atoms with Crippen LogP contribution in [-0.2, 0) is 11.8 Å². The van der Waals surface area contributed by atoms with Crippen molar-refractivity contribution in [3.05, 3.63) is 22.5 Å². The second-order valence-electron chi connectivity index (χ2n) is 6.01. The Kier molecular flexibility index (Phi) is 4.74. The molecule has 1 saturated carbocycles. The van der Waals surface area contributed by atoms with Gasteiger partial charge in [-0.3, -0.25) is 9.48 Å². The molecule has 0 radical (unpaired) electrons. The number of hydrogen-bond acceptors (Lipinski definition) is 3. The highest BCUT2D eigenvalue weighted by atomic mass is 35.5. The van der Waals surface area contributed by atoms with E-state index in [0.717, 1.165) is 30.5 Å². The van der Waals surface area contributed by atoms with E-state index in [9.17, 15) is 9.90 Å². The number of aromatic nitrogens is 2. The summed E-state index contributed by atoms with van der Waals surface area (Å²) in [6, 6.07) is 0.0186. The van der Waals surface area contributed by atoms with Crippen molar-refractivity contribution in [2.45, 2.75) is 39.2 Å². The molecule has 1 aromatic rings. The first-order valence-electron chi connectivity index (χ1n) is 7.16. The first-order chi connectivity index (χ1) is 9.87. The van der Waals surface area contributed by atoms with Crippen molar-refractivity contribution in [2.75, 3.05) is 6.61 Å². The second kappa shape index (κ2) is 6.20. The highest BCUT2D eigenvalue weighted by Gasteiger charge is 2.38. The van der Waals surface area contributed by atoms with Crippen LogP contribution < -0.4 is 5.32 Å². The quantitative estimate of drug-likeness (QED) is 0.836. The molecule has 2 unspecified atom stereocenters. The zero-order valence-corrected chi connectivity index (χ0v) is 13.4. The molecule has 2 N–H and O–H groups in total. The van der Waals surface area contributed by atoms with Crippen molar-refractivity contribution in [1.29, 1.82) is 0 Å². The number of amides is 1. The number of nitrogens with zero attached hydrogens (tertiary/aromatic N) is 2. The number of nitrogens with one attached hydrogen (secondary N) is 1. The van der Waals surface area contributed by atoms with Crippen molar-refractivity contribution in [3.63, 3.8) is 0 Å². The van der Waals surface area contributed by atoms with Gasteiger partial charge in [0.2, 0.25) is 5.91 Å². The van der Waals surface area contributed by atoms with E-state index in [4.69, 9.17) is 11.6 Å². The molecule has 116 valence electrons. The topological polar surface area (TPSA) is 67.2 Å². The number of carbonyl (C=O) groups excluding carboxylic acids is 1. The average molecular weight is 312 g/mol. The molecule has 0 aromatic carbocycles. The molecular weight excluding hydrogens is 290 g/mol. The number of aryl methyl sites for hydroxylation is 2. The molecular formula is C15H22ClN3O2. The molecule has 6 heteroatoms. The van der Waals surface area contributed by atoms with Gasteiger partial charge in [-0.15, -0.1) is 0 Å². The minimum absolute atomic E-state index is 0.0186. The summed E-state index contributed by atoms with van der Waals surface area (Å²) in [4.78, 5) is 12.1. The van der Waals surface area contributed by atoms with Gasteiger partial charge in [0, 0.05) is 30.1 Å². The van der Waals surface area contributed by atoms with Gasteiger partial charge >= 0.3 is 0 Å². The van der Waals surface area contributed by atoms with Gasteiger partial charge in [-0.2, -0.15) is 5.10 Å². The summed E-state index contributed by atoms with van der Waals surface area (Å²) >= 11 is 6.12. The fraction of sp³-hybridized carbons (Fsp3) is 0.600. The lowest BCUT2D eigenvalue weighted by atomic mass is 9.86. The molecule has 5 nitrogen and oxygen atoms in total. The van der Waals surface area contributed by atoms with Gasteiger partial charge in [0.1, 0.15) is 5.15 Å². The maximum atomic E-state index is 12.1. The lowest BCUT2D eigenvalue weighted by Crippen LogP contribution is -2.44. The Morgan fingerprint density at radius 2 is 2.38 bits per heavy atom. The molecule has 2 rings (SSSR count). The van der Waals surface area contributed by atoms with Gasteiger partial charge < -0.3 is 10.4 Å². The van der Waals surface area contributed by atoms with Crippen molar-refractivity contribution in [3.8, 4) is 0 Å². The third-order valence-corrected chi connectivity index (χ3v) is 4.81. The minimum Gasteiger partial charge on any atom is -0.396 e. The molecule has 1 amide bonds. The fourth-order valence-corrected chi connectivity index (χ4v) is 3.12. The molecule has 21 heavy (non-hydrogen) atoms. The Morgan fingerprint density at radius 3 is 2.95 bits per heavy atom. The second-order valence-corrected chi connectivity index (χ2v) is 6.37. The molecule has 2 atom stereocenters. The van der Waals surface area contributed by atoms with Crippen molar-refractivity contribution < 1.29 is 9.90 Å². The third kappa shape index (κ3) is 3.30. The van der Waals surface area contributed by atoms with Crippen LogP contribution in [0.15, 0.2) is 6.08 Å².